The largest absolute Gasteiger partial charge is 0.377 e. The van der Waals surface area contributed by atoms with Crippen LogP contribution in [0.15, 0.2) is 73.6 Å². The molecule has 1 unspecified atom stereocenters. The highest BCUT2D eigenvalue weighted by Gasteiger charge is 2.26. The highest BCUT2D eigenvalue weighted by molar-refractivity contribution is 7.19. The fourth-order valence-corrected chi connectivity index (χ4v) is 5.75. The lowest BCUT2D eigenvalue weighted by Gasteiger charge is -2.26. The van der Waals surface area contributed by atoms with E-state index in [1.807, 2.05) is 29.2 Å². The number of amides is 1. The van der Waals surface area contributed by atoms with E-state index < -0.39 is 0 Å². The third-order valence-electron chi connectivity index (χ3n) is 6.34. The number of hydrogen-bond donors (Lipinski definition) is 1. The molecule has 0 radical (unpaired) electrons. The van der Waals surface area contributed by atoms with Crippen molar-refractivity contribution in [3.63, 3.8) is 0 Å². The summed E-state index contributed by atoms with van der Waals surface area (Å²) in [5, 5.41) is 4.68. The number of fused-ring (bicyclic) bond motifs is 3. The van der Waals surface area contributed by atoms with Crippen molar-refractivity contribution in [1.29, 1.82) is 0 Å². The van der Waals surface area contributed by atoms with Gasteiger partial charge in [-0.2, -0.15) is 0 Å². The molecule has 0 aliphatic carbocycles. The Labute approximate surface area is 213 Å². The van der Waals surface area contributed by atoms with Gasteiger partial charge in [-0.3, -0.25) is 4.79 Å². The average Bonchev–Trinajstić information content (AvgIpc) is 3.29. The molecule has 0 fully saturated rings. The van der Waals surface area contributed by atoms with Gasteiger partial charge >= 0.3 is 0 Å². The molecule has 0 bridgehead atoms. The lowest BCUT2D eigenvalue weighted by molar-refractivity contribution is -0.126. The minimum absolute atomic E-state index is 0.0326. The SMILES string of the molecule is C=CC(=O)N1CCc2c(sc3ncnc(NC(CCOCc4cccc(F)c4)c4ccccc4)c23)C1. The monoisotopic (exact) mass is 502 g/mol. The highest BCUT2D eigenvalue weighted by Crippen LogP contribution is 2.38. The van der Waals surface area contributed by atoms with Gasteiger partial charge in [0.1, 0.15) is 22.8 Å². The summed E-state index contributed by atoms with van der Waals surface area (Å²) in [6.45, 7) is 5.68. The van der Waals surface area contributed by atoms with Crippen molar-refractivity contribution in [2.24, 2.45) is 0 Å². The van der Waals surface area contributed by atoms with E-state index in [4.69, 9.17) is 4.74 Å². The Morgan fingerprint density at radius 2 is 2.08 bits per heavy atom. The predicted octanol–water partition coefficient (Wildman–Crippen LogP) is 5.66. The first-order chi connectivity index (χ1) is 17.6. The number of anilines is 1. The average molecular weight is 503 g/mol. The van der Waals surface area contributed by atoms with Crippen LogP contribution in [0.4, 0.5) is 10.2 Å². The topological polar surface area (TPSA) is 67.4 Å². The lowest BCUT2D eigenvalue weighted by atomic mass is 10.0. The molecule has 6 nitrogen and oxygen atoms in total. The van der Waals surface area contributed by atoms with Crippen LogP contribution >= 0.6 is 11.3 Å². The molecular weight excluding hydrogens is 475 g/mol. The Morgan fingerprint density at radius 3 is 2.89 bits per heavy atom. The van der Waals surface area contributed by atoms with E-state index in [9.17, 15) is 9.18 Å². The molecule has 5 rings (SSSR count). The summed E-state index contributed by atoms with van der Waals surface area (Å²) < 4.78 is 19.4. The van der Waals surface area contributed by atoms with E-state index in [0.29, 0.717) is 32.7 Å². The van der Waals surface area contributed by atoms with Gasteiger partial charge in [-0.15, -0.1) is 11.3 Å². The Bertz CT molecular complexity index is 1370. The van der Waals surface area contributed by atoms with Gasteiger partial charge in [0.15, 0.2) is 0 Å². The maximum absolute atomic E-state index is 13.5. The lowest BCUT2D eigenvalue weighted by Crippen LogP contribution is -2.34. The number of nitrogens with zero attached hydrogens (tertiary/aromatic N) is 3. The van der Waals surface area contributed by atoms with Crippen molar-refractivity contribution in [3.8, 4) is 0 Å². The molecular formula is C28H27FN4O2S. The number of hydrogen-bond acceptors (Lipinski definition) is 6. The third kappa shape index (κ3) is 5.29. The van der Waals surface area contributed by atoms with Crippen LogP contribution in [0.1, 0.15) is 34.0 Å². The number of nitrogens with one attached hydrogen (secondary N) is 1. The normalized spacial score (nSPS) is 13.9. The molecule has 3 heterocycles. The van der Waals surface area contributed by atoms with Crippen LogP contribution in [-0.2, 0) is 29.1 Å². The fraction of sp³-hybridized carbons (Fsp3) is 0.250. The van der Waals surface area contributed by atoms with Crippen LogP contribution in [0.2, 0.25) is 0 Å². The van der Waals surface area contributed by atoms with Crippen molar-refractivity contribution in [2.75, 3.05) is 18.5 Å². The molecule has 0 saturated heterocycles. The number of ether oxygens (including phenoxy) is 1. The molecule has 0 spiro atoms. The highest BCUT2D eigenvalue weighted by atomic mass is 32.1. The zero-order valence-corrected chi connectivity index (χ0v) is 20.6. The van der Waals surface area contributed by atoms with Crippen LogP contribution in [0.5, 0.6) is 0 Å². The Morgan fingerprint density at radius 1 is 1.22 bits per heavy atom. The third-order valence-corrected chi connectivity index (χ3v) is 7.47. The van der Waals surface area contributed by atoms with Crippen LogP contribution in [0, 0.1) is 5.82 Å². The molecule has 8 heteroatoms. The van der Waals surface area contributed by atoms with E-state index in [-0.39, 0.29) is 17.8 Å². The van der Waals surface area contributed by atoms with E-state index in [2.05, 4.69) is 34.0 Å². The Kier molecular flexibility index (Phi) is 7.34. The van der Waals surface area contributed by atoms with Crippen LogP contribution in [-0.4, -0.2) is 33.9 Å². The number of benzene rings is 2. The van der Waals surface area contributed by atoms with Crippen molar-refractivity contribution in [3.05, 3.63) is 101 Å². The number of carbonyl (C=O) groups excluding carboxylic acids is 1. The Hall–Kier alpha value is -3.62. The first-order valence-electron chi connectivity index (χ1n) is 11.9. The molecule has 184 valence electrons. The second-order valence-corrected chi connectivity index (χ2v) is 9.78. The van der Waals surface area contributed by atoms with Gasteiger partial charge in [0.2, 0.25) is 5.91 Å². The molecule has 2 aromatic heterocycles. The summed E-state index contributed by atoms with van der Waals surface area (Å²) >= 11 is 1.61. The van der Waals surface area contributed by atoms with Gasteiger partial charge in [0.25, 0.3) is 0 Å². The molecule has 1 aliphatic heterocycles. The zero-order chi connectivity index (χ0) is 24.9. The summed E-state index contributed by atoms with van der Waals surface area (Å²) in [7, 11) is 0. The molecule has 36 heavy (non-hydrogen) atoms. The summed E-state index contributed by atoms with van der Waals surface area (Å²) in [6, 6.07) is 16.6. The van der Waals surface area contributed by atoms with Crippen molar-refractivity contribution in [2.45, 2.75) is 32.0 Å². The molecule has 4 aromatic rings. The second kappa shape index (κ2) is 11.0. The number of thiophene rings is 1. The number of aromatic nitrogens is 2. The zero-order valence-electron chi connectivity index (χ0n) is 19.8. The van der Waals surface area contributed by atoms with Crippen LogP contribution < -0.4 is 5.32 Å². The first kappa shape index (κ1) is 24.1. The number of halogens is 1. The first-order valence-corrected chi connectivity index (χ1v) is 12.7. The maximum Gasteiger partial charge on any atom is 0.246 e. The number of rotatable bonds is 9. The van der Waals surface area contributed by atoms with Gasteiger partial charge < -0.3 is 15.0 Å². The molecule has 1 amide bonds. The van der Waals surface area contributed by atoms with E-state index in [1.54, 1.807) is 23.7 Å². The van der Waals surface area contributed by atoms with Gasteiger partial charge in [0, 0.05) is 18.0 Å². The quantitative estimate of drug-likeness (QED) is 0.236. The molecule has 1 aliphatic rings. The van der Waals surface area contributed by atoms with Crippen molar-refractivity contribution in [1.82, 2.24) is 14.9 Å². The van der Waals surface area contributed by atoms with Gasteiger partial charge in [-0.1, -0.05) is 49.0 Å². The van der Waals surface area contributed by atoms with Crippen molar-refractivity contribution < 1.29 is 13.9 Å². The van der Waals surface area contributed by atoms with Crippen molar-refractivity contribution >= 4 is 33.3 Å². The minimum atomic E-state index is -0.260. The van der Waals surface area contributed by atoms with Gasteiger partial charge in [-0.05, 0) is 47.7 Å². The van der Waals surface area contributed by atoms with Crippen LogP contribution in [0.3, 0.4) is 0 Å². The Balaban J connectivity index is 1.35. The fourth-order valence-electron chi connectivity index (χ4n) is 4.54. The van der Waals surface area contributed by atoms with Gasteiger partial charge in [-0.25, -0.2) is 14.4 Å². The predicted molar refractivity (Wildman–Crippen MR) is 140 cm³/mol. The molecule has 1 N–H and O–H groups in total. The number of carbonyl (C=O) groups is 1. The smallest absolute Gasteiger partial charge is 0.246 e. The second-order valence-electron chi connectivity index (χ2n) is 8.70. The van der Waals surface area contributed by atoms with Crippen LogP contribution in [0.25, 0.3) is 10.2 Å². The standard InChI is InChI=1S/C28H27FN4O2S/c1-2-25(34)33-13-11-22-24(16-33)36-28-26(22)27(30-18-31-28)32-23(20-8-4-3-5-9-20)12-14-35-17-19-7-6-10-21(29)15-19/h2-10,15,18,23H,1,11-14,16-17H2,(H,30,31,32). The maximum atomic E-state index is 13.5. The summed E-state index contributed by atoms with van der Waals surface area (Å²) in [5.74, 6) is 0.480. The minimum Gasteiger partial charge on any atom is -0.377 e. The molecule has 0 saturated carbocycles. The molecule has 2 aromatic carbocycles. The summed E-state index contributed by atoms with van der Waals surface area (Å²) in [6.07, 6.45) is 4.41. The summed E-state index contributed by atoms with van der Waals surface area (Å²) in [4.78, 5) is 25.1. The molecule has 1 atom stereocenters. The summed E-state index contributed by atoms with van der Waals surface area (Å²) in [5.41, 5.74) is 3.15. The van der Waals surface area contributed by atoms with Gasteiger partial charge in [0.05, 0.1) is 24.6 Å². The van der Waals surface area contributed by atoms with E-state index >= 15 is 0 Å². The van der Waals surface area contributed by atoms with E-state index in [1.165, 1.54) is 23.8 Å². The van der Waals surface area contributed by atoms with E-state index in [0.717, 1.165) is 38.5 Å².